The molecule has 0 N–H and O–H groups in total. The van der Waals surface area contributed by atoms with Crippen LogP contribution >= 0.6 is 11.3 Å². The fourth-order valence-corrected chi connectivity index (χ4v) is 4.90. The van der Waals surface area contributed by atoms with E-state index in [-0.39, 0.29) is 24.2 Å². The van der Waals surface area contributed by atoms with E-state index in [4.69, 9.17) is 4.52 Å². The molecule has 2 aliphatic heterocycles. The molecule has 0 bridgehead atoms. The minimum Gasteiger partial charge on any atom is -0.340 e. The number of hydrogen-bond acceptors (Lipinski definition) is 7. The molecule has 2 saturated heterocycles. The predicted molar refractivity (Wildman–Crippen MR) is 121 cm³/mol. The summed E-state index contributed by atoms with van der Waals surface area (Å²) in [5, 5.41) is 6.05. The molecule has 2 fully saturated rings. The van der Waals surface area contributed by atoms with Crippen molar-refractivity contribution in [2.75, 3.05) is 37.6 Å². The highest BCUT2D eigenvalue weighted by molar-refractivity contribution is 7.13. The molecule has 2 aliphatic rings. The van der Waals surface area contributed by atoms with Crippen LogP contribution in [0.3, 0.4) is 0 Å². The Bertz CT molecular complexity index is 1090. The van der Waals surface area contributed by atoms with Gasteiger partial charge < -0.3 is 14.3 Å². The molecule has 0 aliphatic carbocycles. The molecule has 1 atom stereocenters. The first kappa shape index (κ1) is 20.8. The van der Waals surface area contributed by atoms with Gasteiger partial charge in [0.2, 0.25) is 23.5 Å². The number of piperazine rings is 1. The van der Waals surface area contributed by atoms with Crippen molar-refractivity contribution in [3.8, 4) is 10.7 Å². The number of benzene rings is 1. The van der Waals surface area contributed by atoms with E-state index in [1.54, 1.807) is 16.2 Å². The number of carbonyl (C=O) groups excluding carboxylic acids is 2. The van der Waals surface area contributed by atoms with Crippen LogP contribution < -0.4 is 4.90 Å². The van der Waals surface area contributed by atoms with Crippen LogP contribution in [0.15, 0.2) is 46.3 Å². The summed E-state index contributed by atoms with van der Waals surface area (Å²) in [5.74, 6) is 1.02. The number of hydrogen-bond donors (Lipinski definition) is 0. The molecule has 1 unspecified atom stereocenters. The molecular weight excluding hydrogens is 426 g/mol. The van der Waals surface area contributed by atoms with Crippen molar-refractivity contribution in [2.24, 2.45) is 5.92 Å². The van der Waals surface area contributed by atoms with Gasteiger partial charge in [0.15, 0.2) is 0 Å². The van der Waals surface area contributed by atoms with Crippen molar-refractivity contribution in [1.29, 1.82) is 0 Å². The Balaban J connectivity index is 1.14. The van der Waals surface area contributed by atoms with Crippen LogP contribution in [0.4, 0.5) is 5.69 Å². The van der Waals surface area contributed by atoms with Crippen LogP contribution in [-0.4, -0.2) is 64.5 Å². The first-order valence-electron chi connectivity index (χ1n) is 10.8. The second-order valence-corrected chi connectivity index (χ2v) is 9.28. The van der Waals surface area contributed by atoms with Gasteiger partial charge in [-0.2, -0.15) is 4.98 Å². The molecule has 3 aromatic rings. The quantitative estimate of drug-likeness (QED) is 0.593. The van der Waals surface area contributed by atoms with Gasteiger partial charge in [-0.1, -0.05) is 28.9 Å². The van der Waals surface area contributed by atoms with Crippen molar-refractivity contribution in [2.45, 2.75) is 19.9 Å². The Labute approximate surface area is 190 Å². The monoisotopic (exact) mass is 451 g/mol. The number of nitrogens with zero attached hydrogens (tertiary/aromatic N) is 5. The second-order valence-electron chi connectivity index (χ2n) is 8.33. The standard InChI is InChI=1S/C23H25N5O3S/c1-16-4-6-18(7-5-16)28-14-17(13-21(28)29)23(30)27-10-8-26(9-11-27)15-20-24-22(25-31-20)19-3-2-12-32-19/h2-7,12,17H,8-11,13-15H2,1H3. The van der Waals surface area contributed by atoms with E-state index in [9.17, 15) is 9.59 Å². The van der Waals surface area contributed by atoms with E-state index in [1.165, 1.54) is 0 Å². The zero-order valence-corrected chi connectivity index (χ0v) is 18.8. The number of rotatable bonds is 5. The molecular formula is C23H25N5O3S. The van der Waals surface area contributed by atoms with Crippen LogP contribution in [0.25, 0.3) is 10.7 Å². The van der Waals surface area contributed by atoms with E-state index in [0.29, 0.717) is 37.9 Å². The number of anilines is 1. The highest BCUT2D eigenvalue weighted by Crippen LogP contribution is 2.27. The molecule has 32 heavy (non-hydrogen) atoms. The molecule has 0 spiro atoms. The average Bonchev–Trinajstić information content (AvgIpc) is 3.55. The minimum atomic E-state index is -0.278. The molecule has 166 valence electrons. The van der Waals surface area contributed by atoms with Crippen molar-refractivity contribution >= 4 is 28.8 Å². The number of thiophene rings is 1. The lowest BCUT2D eigenvalue weighted by atomic mass is 10.1. The third-order valence-corrected chi connectivity index (χ3v) is 6.94. The normalized spacial score (nSPS) is 19.7. The number of carbonyl (C=O) groups is 2. The minimum absolute atomic E-state index is 0.0174. The third kappa shape index (κ3) is 4.31. The number of amides is 2. The second kappa shape index (κ2) is 8.84. The summed E-state index contributed by atoms with van der Waals surface area (Å²) < 4.78 is 5.40. The maximum atomic E-state index is 13.1. The van der Waals surface area contributed by atoms with E-state index >= 15 is 0 Å². The zero-order valence-electron chi connectivity index (χ0n) is 17.9. The molecule has 8 nitrogen and oxygen atoms in total. The van der Waals surface area contributed by atoms with E-state index in [1.807, 2.05) is 53.6 Å². The van der Waals surface area contributed by atoms with Gasteiger partial charge in [0, 0.05) is 44.8 Å². The fourth-order valence-electron chi connectivity index (χ4n) is 4.25. The molecule has 2 amide bonds. The third-order valence-electron chi connectivity index (χ3n) is 6.07. The fraction of sp³-hybridized carbons (Fsp3) is 0.391. The van der Waals surface area contributed by atoms with Crippen LogP contribution in [-0.2, 0) is 16.1 Å². The molecule has 4 heterocycles. The zero-order chi connectivity index (χ0) is 22.1. The van der Waals surface area contributed by atoms with Crippen LogP contribution in [0.5, 0.6) is 0 Å². The maximum absolute atomic E-state index is 13.1. The van der Waals surface area contributed by atoms with Crippen LogP contribution in [0.1, 0.15) is 17.9 Å². The van der Waals surface area contributed by atoms with Gasteiger partial charge in [0.25, 0.3) is 0 Å². The van der Waals surface area contributed by atoms with Crippen molar-refractivity contribution in [1.82, 2.24) is 19.9 Å². The highest BCUT2D eigenvalue weighted by Gasteiger charge is 2.38. The van der Waals surface area contributed by atoms with Crippen molar-refractivity contribution < 1.29 is 14.1 Å². The topological polar surface area (TPSA) is 82.8 Å². The van der Waals surface area contributed by atoms with Crippen molar-refractivity contribution in [3.05, 3.63) is 53.2 Å². The van der Waals surface area contributed by atoms with Crippen molar-refractivity contribution in [3.63, 3.8) is 0 Å². The Morgan fingerprint density at radius 1 is 1.16 bits per heavy atom. The largest absolute Gasteiger partial charge is 0.340 e. The lowest BCUT2D eigenvalue weighted by molar-refractivity contribution is -0.137. The van der Waals surface area contributed by atoms with Gasteiger partial charge >= 0.3 is 0 Å². The first-order valence-corrected chi connectivity index (χ1v) is 11.7. The molecule has 0 saturated carbocycles. The smallest absolute Gasteiger partial charge is 0.241 e. The summed E-state index contributed by atoms with van der Waals surface area (Å²) in [6, 6.07) is 11.8. The Kier molecular flexibility index (Phi) is 5.75. The Morgan fingerprint density at radius 3 is 2.66 bits per heavy atom. The summed E-state index contributed by atoms with van der Waals surface area (Å²) in [5.41, 5.74) is 2.01. The first-order chi connectivity index (χ1) is 15.6. The van der Waals surface area contributed by atoms with Gasteiger partial charge in [-0.05, 0) is 30.5 Å². The van der Waals surface area contributed by atoms with Gasteiger partial charge in [-0.25, -0.2) is 0 Å². The molecule has 9 heteroatoms. The summed E-state index contributed by atoms with van der Waals surface area (Å²) in [4.78, 5) is 36.9. The van der Waals surface area contributed by atoms with E-state index in [2.05, 4.69) is 15.0 Å². The highest BCUT2D eigenvalue weighted by atomic mass is 32.1. The van der Waals surface area contributed by atoms with Gasteiger partial charge in [-0.15, -0.1) is 11.3 Å². The molecule has 0 radical (unpaired) electrons. The predicted octanol–water partition coefficient (Wildman–Crippen LogP) is 2.80. The average molecular weight is 452 g/mol. The summed E-state index contributed by atoms with van der Waals surface area (Å²) in [6.07, 6.45) is 0.278. The van der Waals surface area contributed by atoms with E-state index < -0.39 is 0 Å². The summed E-state index contributed by atoms with van der Waals surface area (Å²) >= 11 is 1.58. The van der Waals surface area contributed by atoms with E-state index in [0.717, 1.165) is 29.2 Å². The Morgan fingerprint density at radius 2 is 1.94 bits per heavy atom. The maximum Gasteiger partial charge on any atom is 0.241 e. The van der Waals surface area contributed by atoms with Gasteiger partial charge in [0.05, 0.1) is 17.3 Å². The van der Waals surface area contributed by atoms with Crippen LogP contribution in [0.2, 0.25) is 0 Å². The van der Waals surface area contributed by atoms with Crippen LogP contribution in [0, 0.1) is 12.8 Å². The molecule has 1 aromatic carbocycles. The van der Waals surface area contributed by atoms with Gasteiger partial charge in [-0.3, -0.25) is 14.5 Å². The molecule has 5 rings (SSSR count). The number of aryl methyl sites for hydroxylation is 1. The lowest BCUT2D eigenvalue weighted by Crippen LogP contribution is -2.50. The summed E-state index contributed by atoms with van der Waals surface area (Å²) in [7, 11) is 0. The summed E-state index contributed by atoms with van der Waals surface area (Å²) in [6.45, 7) is 5.80. The Hall–Kier alpha value is -3.04. The number of aromatic nitrogens is 2. The molecule has 2 aromatic heterocycles. The lowest BCUT2D eigenvalue weighted by Gasteiger charge is -2.35. The SMILES string of the molecule is Cc1ccc(N2CC(C(=O)N3CCN(Cc4nc(-c5cccs5)no4)CC3)CC2=O)cc1. The van der Waals surface area contributed by atoms with Gasteiger partial charge in [0.1, 0.15) is 0 Å².